The minimum absolute atomic E-state index is 0.445. The number of primary amides is 1. The topological polar surface area (TPSA) is 88.5 Å². The van der Waals surface area contributed by atoms with Crippen molar-refractivity contribution in [1.29, 1.82) is 5.26 Å². The first-order valence-electron chi connectivity index (χ1n) is 3.04. The van der Waals surface area contributed by atoms with E-state index in [4.69, 9.17) is 11.0 Å². The summed E-state index contributed by atoms with van der Waals surface area (Å²) < 4.78 is 4.67. The Balaban J connectivity index is 3.90. The summed E-state index contributed by atoms with van der Waals surface area (Å²) in [5, 5.41) is 8.28. The SMILES string of the molecule is CCOC=NC(C#N)C(N)=O. The van der Waals surface area contributed by atoms with Crippen LogP contribution in [0.4, 0.5) is 0 Å². The number of nitrogens with zero attached hydrogens (tertiary/aromatic N) is 2. The van der Waals surface area contributed by atoms with E-state index < -0.39 is 11.9 Å². The first-order chi connectivity index (χ1) is 5.22. The third-order valence-electron chi connectivity index (χ3n) is 0.843. The van der Waals surface area contributed by atoms with Crippen LogP contribution < -0.4 is 5.73 Å². The Morgan fingerprint density at radius 2 is 2.64 bits per heavy atom. The molecule has 5 nitrogen and oxygen atoms in total. The van der Waals surface area contributed by atoms with Crippen LogP contribution in [0.5, 0.6) is 0 Å². The van der Waals surface area contributed by atoms with Crippen molar-refractivity contribution in [3.05, 3.63) is 0 Å². The molecule has 0 aliphatic rings. The van der Waals surface area contributed by atoms with Gasteiger partial charge in [0.05, 0.1) is 12.7 Å². The maximum absolute atomic E-state index is 10.4. The van der Waals surface area contributed by atoms with Gasteiger partial charge in [-0.3, -0.25) is 4.79 Å². The second-order valence-electron chi connectivity index (χ2n) is 1.64. The Hall–Kier alpha value is -1.57. The van der Waals surface area contributed by atoms with Gasteiger partial charge in [-0.05, 0) is 6.92 Å². The Morgan fingerprint density at radius 1 is 2.00 bits per heavy atom. The summed E-state index contributed by atoms with van der Waals surface area (Å²) in [6.07, 6.45) is 1.05. The highest BCUT2D eigenvalue weighted by Crippen LogP contribution is 1.85. The minimum atomic E-state index is -1.14. The van der Waals surface area contributed by atoms with Crippen molar-refractivity contribution in [2.24, 2.45) is 10.7 Å². The highest BCUT2D eigenvalue weighted by Gasteiger charge is 2.09. The number of carbonyl (C=O) groups excluding carboxylic acids is 1. The van der Waals surface area contributed by atoms with E-state index in [1.165, 1.54) is 0 Å². The minimum Gasteiger partial charge on any atom is -0.484 e. The Bertz CT molecular complexity index is 194. The number of hydrogen-bond donors (Lipinski definition) is 1. The molecule has 1 atom stereocenters. The molecule has 0 radical (unpaired) electrons. The van der Waals surface area contributed by atoms with Gasteiger partial charge in [0.15, 0.2) is 6.40 Å². The van der Waals surface area contributed by atoms with Gasteiger partial charge in [-0.15, -0.1) is 0 Å². The zero-order valence-corrected chi connectivity index (χ0v) is 6.15. The molecule has 2 N–H and O–H groups in total. The van der Waals surface area contributed by atoms with Gasteiger partial charge < -0.3 is 10.5 Å². The third-order valence-corrected chi connectivity index (χ3v) is 0.843. The fourth-order valence-corrected chi connectivity index (χ4v) is 0.349. The van der Waals surface area contributed by atoms with E-state index >= 15 is 0 Å². The van der Waals surface area contributed by atoms with E-state index in [-0.39, 0.29) is 0 Å². The third kappa shape index (κ3) is 3.92. The van der Waals surface area contributed by atoms with Gasteiger partial charge in [0.1, 0.15) is 0 Å². The van der Waals surface area contributed by atoms with Gasteiger partial charge in [0.25, 0.3) is 5.91 Å². The summed E-state index contributed by atoms with van der Waals surface area (Å²) in [5.74, 6) is -0.775. The number of ether oxygens (including phenoxy) is 1. The van der Waals surface area contributed by atoms with Crippen molar-refractivity contribution in [3.8, 4) is 6.07 Å². The van der Waals surface area contributed by atoms with E-state index in [1.54, 1.807) is 13.0 Å². The van der Waals surface area contributed by atoms with Gasteiger partial charge in [-0.25, -0.2) is 4.99 Å². The number of nitriles is 1. The molecular formula is C6H9N3O2. The van der Waals surface area contributed by atoms with Crippen LogP contribution in [-0.4, -0.2) is 25.0 Å². The van der Waals surface area contributed by atoms with E-state index in [0.717, 1.165) is 6.40 Å². The monoisotopic (exact) mass is 155 g/mol. The molecule has 0 aromatic carbocycles. The molecule has 0 bridgehead atoms. The second kappa shape index (κ2) is 5.23. The average molecular weight is 155 g/mol. The van der Waals surface area contributed by atoms with Crippen molar-refractivity contribution in [1.82, 2.24) is 0 Å². The number of carbonyl (C=O) groups is 1. The van der Waals surface area contributed by atoms with E-state index in [1.807, 2.05) is 0 Å². The first kappa shape index (κ1) is 9.43. The van der Waals surface area contributed by atoms with Crippen LogP contribution in [0.1, 0.15) is 6.92 Å². The largest absolute Gasteiger partial charge is 0.484 e. The normalized spacial score (nSPS) is 12.4. The van der Waals surface area contributed by atoms with Gasteiger partial charge in [-0.1, -0.05) is 0 Å². The molecule has 5 heteroatoms. The van der Waals surface area contributed by atoms with Crippen LogP contribution in [0.15, 0.2) is 4.99 Å². The lowest BCUT2D eigenvalue weighted by Gasteiger charge is -1.95. The second-order valence-corrected chi connectivity index (χ2v) is 1.64. The molecule has 0 fully saturated rings. The van der Waals surface area contributed by atoms with Gasteiger partial charge in [-0.2, -0.15) is 5.26 Å². The van der Waals surface area contributed by atoms with Crippen molar-refractivity contribution in [2.45, 2.75) is 13.0 Å². The molecule has 0 heterocycles. The summed E-state index contributed by atoms with van der Waals surface area (Å²) in [7, 11) is 0. The molecule has 0 saturated heterocycles. The van der Waals surface area contributed by atoms with Crippen molar-refractivity contribution in [2.75, 3.05) is 6.61 Å². The molecule has 0 rings (SSSR count). The fraction of sp³-hybridized carbons (Fsp3) is 0.500. The molecule has 0 aromatic rings. The van der Waals surface area contributed by atoms with Crippen LogP contribution >= 0.6 is 0 Å². The number of rotatable bonds is 4. The first-order valence-corrected chi connectivity index (χ1v) is 3.04. The Morgan fingerprint density at radius 3 is 3.00 bits per heavy atom. The zero-order chi connectivity index (χ0) is 8.69. The Kier molecular flexibility index (Phi) is 4.49. The molecule has 11 heavy (non-hydrogen) atoms. The summed E-state index contributed by atoms with van der Waals surface area (Å²) in [6.45, 7) is 2.21. The van der Waals surface area contributed by atoms with Gasteiger partial charge in [0.2, 0.25) is 6.04 Å². The van der Waals surface area contributed by atoms with E-state index in [0.29, 0.717) is 6.61 Å². The highest BCUT2D eigenvalue weighted by molar-refractivity contribution is 5.83. The standard InChI is InChI=1S/C6H9N3O2/c1-2-11-4-9-5(3-7)6(8)10/h4-5H,2H2,1H3,(H2,8,10). The highest BCUT2D eigenvalue weighted by atomic mass is 16.5. The quantitative estimate of drug-likeness (QED) is 0.435. The van der Waals surface area contributed by atoms with Crippen molar-refractivity contribution < 1.29 is 9.53 Å². The average Bonchev–Trinajstić information content (AvgIpc) is 1.97. The number of aliphatic imine (C=N–C) groups is 1. The maximum Gasteiger partial charge on any atom is 0.257 e. The molecule has 0 aliphatic heterocycles. The zero-order valence-electron chi connectivity index (χ0n) is 6.15. The summed E-state index contributed by atoms with van der Waals surface area (Å²) in [4.78, 5) is 13.8. The lowest BCUT2D eigenvalue weighted by Crippen LogP contribution is -2.25. The van der Waals surface area contributed by atoms with Crippen LogP contribution in [-0.2, 0) is 9.53 Å². The van der Waals surface area contributed by atoms with Crippen molar-refractivity contribution >= 4 is 12.3 Å². The van der Waals surface area contributed by atoms with Crippen molar-refractivity contribution in [3.63, 3.8) is 0 Å². The molecular weight excluding hydrogens is 146 g/mol. The molecule has 0 aliphatic carbocycles. The predicted octanol–water partition coefficient (Wildman–Crippen LogP) is -0.571. The van der Waals surface area contributed by atoms with E-state index in [9.17, 15) is 4.79 Å². The molecule has 0 saturated carbocycles. The fourth-order valence-electron chi connectivity index (χ4n) is 0.349. The van der Waals surface area contributed by atoms with Gasteiger partial charge in [0, 0.05) is 0 Å². The van der Waals surface area contributed by atoms with Crippen LogP contribution in [0.25, 0.3) is 0 Å². The van der Waals surface area contributed by atoms with E-state index in [2.05, 4.69) is 9.73 Å². The maximum atomic E-state index is 10.4. The molecule has 60 valence electrons. The number of nitrogens with two attached hydrogens (primary N) is 1. The van der Waals surface area contributed by atoms with Crippen LogP contribution in [0.2, 0.25) is 0 Å². The molecule has 1 amide bonds. The number of hydrogen-bond acceptors (Lipinski definition) is 4. The summed E-state index contributed by atoms with van der Waals surface area (Å²) >= 11 is 0. The lowest BCUT2D eigenvalue weighted by atomic mass is 10.3. The van der Waals surface area contributed by atoms with Crippen LogP contribution in [0.3, 0.4) is 0 Å². The molecule has 1 unspecified atom stereocenters. The predicted molar refractivity (Wildman–Crippen MR) is 38.7 cm³/mol. The van der Waals surface area contributed by atoms with Crippen LogP contribution in [0, 0.1) is 11.3 Å². The molecule has 0 aromatic heterocycles. The smallest absolute Gasteiger partial charge is 0.257 e. The summed E-state index contributed by atoms with van der Waals surface area (Å²) in [5.41, 5.74) is 4.80. The summed E-state index contributed by atoms with van der Waals surface area (Å²) in [6, 6.07) is 0.470. The Labute approximate surface area is 64.5 Å². The van der Waals surface area contributed by atoms with Gasteiger partial charge >= 0.3 is 0 Å². The number of amides is 1. The molecule has 0 spiro atoms. The lowest BCUT2D eigenvalue weighted by molar-refractivity contribution is -0.118.